The molecule has 7 nitrogen and oxygen atoms in total. The molecule has 3 N–H and O–H groups in total. The number of anilines is 1. The van der Waals surface area contributed by atoms with Crippen LogP contribution in [-0.4, -0.2) is 35.5 Å². The van der Waals surface area contributed by atoms with Crippen molar-refractivity contribution in [1.82, 2.24) is 5.32 Å². The van der Waals surface area contributed by atoms with Crippen LogP contribution in [0.5, 0.6) is 5.75 Å². The third kappa shape index (κ3) is 5.38. The maximum Gasteiger partial charge on any atom is 0.342 e. The van der Waals surface area contributed by atoms with Crippen molar-refractivity contribution < 1.29 is 24.2 Å². The number of rotatable bonds is 6. The average Bonchev–Trinajstić information content (AvgIpc) is 3.22. The van der Waals surface area contributed by atoms with Crippen LogP contribution in [-0.2, 0) is 9.53 Å². The van der Waals surface area contributed by atoms with Gasteiger partial charge in [-0.25, -0.2) is 4.79 Å². The lowest BCUT2D eigenvalue weighted by atomic mass is 10.1. The molecule has 0 atom stereocenters. The predicted octanol–water partition coefficient (Wildman–Crippen LogP) is 3.93. The summed E-state index contributed by atoms with van der Waals surface area (Å²) >= 11 is 3.17. The first-order chi connectivity index (χ1) is 14.3. The Morgan fingerprint density at radius 1 is 1.13 bits per heavy atom. The number of halogens is 1. The lowest BCUT2D eigenvalue weighted by Crippen LogP contribution is -2.33. The maximum atomic E-state index is 12.6. The number of phenols is 1. The minimum absolute atomic E-state index is 0.0361. The lowest BCUT2D eigenvalue weighted by Gasteiger charge is -2.15. The van der Waals surface area contributed by atoms with Crippen molar-refractivity contribution in [1.29, 1.82) is 0 Å². The molecule has 158 valence electrons. The van der Waals surface area contributed by atoms with Crippen molar-refractivity contribution in [2.75, 3.05) is 11.9 Å². The van der Waals surface area contributed by atoms with E-state index in [9.17, 15) is 19.5 Å². The van der Waals surface area contributed by atoms with Gasteiger partial charge in [0.15, 0.2) is 6.61 Å². The van der Waals surface area contributed by atoms with Crippen molar-refractivity contribution in [2.45, 2.75) is 38.6 Å². The summed E-state index contributed by atoms with van der Waals surface area (Å²) in [5.41, 5.74) is 1.41. The first-order valence-corrected chi connectivity index (χ1v) is 10.5. The molecule has 30 heavy (non-hydrogen) atoms. The largest absolute Gasteiger partial charge is 0.506 e. The molecule has 1 aliphatic rings. The van der Waals surface area contributed by atoms with Gasteiger partial charge in [0.2, 0.25) is 0 Å². The topological polar surface area (TPSA) is 105 Å². The highest BCUT2D eigenvalue weighted by Crippen LogP contribution is 2.29. The van der Waals surface area contributed by atoms with Gasteiger partial charge in [-0.05, 0) is 65.5 Å². The molecule has 3 rings (SSSR count). The summed E-state index contributed by atoms with van der Waals surface area (Å²) in [6.07, 6.45) is 4.11. The minimum Gasteiger partial charge on any atom is -0.506 e. The number of hydrogen-bond acceptors (Lipinski definition) is 5. The number of amides is 2. The zero-order valence-electron chi connectivity index (χ0n) is 16.5. The van der Waals surface area contributed by atoms with Gasteiger partial charge in [-0.2, -0.15) is 0 Å². The molecule has 1 fully saturated rings. The van der Waals surface area contributed by atoms with Gasteiger partial charge < -0.3 is 20.5 Å². The van der Waals surface area contributed by atoms with E-state index < -0.39 is 18.5 Å². The van der Waals surface area contributed by atoms with Crippen molar-refractivity contribution in [3.63, 3.8) is 0 Å². The van der Waals surface area contributed by atoms with Gasteiger partial charge in [0.05, 0.1) is 15.7 Å². The van der Waals surface area contributed by atoms with E-state index in [1.54, 1.807) is 37.3 Å². The zero-order valence-corrected chi connectivity index (χ0v) is 18.1. The van der Waals surface area contributed by atoms with Crippen LogP contribution in [0.4, 0.5) is 5.69 Å². The summed E-state index contributed by atoms with van der Waals surface area (Å²) in [6.45, 7) is 1.21. The Labute approximate surface area is 182 Å². The van der Waals surface area contributed by atoms with Crippen molar-refractivity contribution >= 4 is 39.4 Å². The fourth-order valence-electron chi connectivity index (χ4n) is 3.41. The highest BCUT2D eigenvalue weighted by Gasteiger charge is 2.21. The second-order valence-electron chi connectivity index (χ2n) is 7.27. The SMILES string of the molecule is Cc1cc(Br)c(O)c(C(=O)OCC(=O)Nc2ccccc2C(=O)NC2CCCC2)c1. The molecule has 2 amide bonds. The van der Waals surface area contributed by atoms with Gasteiger partial charge in [0.25, 0.3) is 11.8 Å². The summed E-state index contributed by atoms with van der Waals surface area (Å²) in [4.78, 5) is 37.1. The fraction of sp³-hybridized carbons (Fsp3) is 0.318. The molecule has 8 heteroatoms. The number of carbonyl (C=O) groups is 3. The number of nitrogens with one attached hydrogen (secondary N) is 2. The number of aromatic hydroxyl groups is 1. The molecule has 0 radical (unpaired) electrons. The number of para-hydroxylation sites is 1. The normalized spacial score (nSPS) is 13.7. The van der Waals surface area contributed by atoms with Gasteiger partial charge in [-0.15, -0.1) is 0 Å². The van der Waals surface area contributed by atoms with Gasteiger partial charge in [-0.3, -0.25) is 9.59 Å². The smallest absolute Gasteiger partial charge is 0.342 e. The number of carbonyl (C=O) groups excluding carboxylic acids is 3. The fourth-order valence-corrected chi connectivity index (χ4v) is 3.98. The molecule has 1 saturated carbocycles. The Bertz CT molecular complexity index is 970. The number of phenolic OH excluding ortho intramolecular Hbond substituents is 1. The molecule has 1 aliphatic carbocycles. The van der Waals surface area contributed by atoms with E-state index in [-0.39, 0.29) is 23.3 Å². The van der Waals surface area contributed by atoms with Gasteiger partial charge in [0, 0.05) is 6.04 Å². The highest BCUT2D eigenvalue weighted by atomic mass is 79.9. The minimum atomic E-state index is -0.820. The Balaban J connectivity index is 1.61. The third-order valence-corrected chi connectivity index (χ3v) is 5.50. The Morgan fingerprint density at radius 2 is 1.83 bits per heavy atom. The molecule has 0 spiro atoms. The lowest BCUT2D eigenvalue weighted by molar-refractivity contribution is -0.119. The van der Waals surface area contributed by atoms with Crippen LogP contribution in [0.25, 0.3) is 0 Å². The summed E-state index contributed by atoms with van der Waals surface area (Å²) in [5.74, 6) is -1.90. The molecule has 0 saturated heterocycles. The van der Waals surface area contributed by atoms with E-state index in [1.807, 2.05) is 0 Å². The standard InChI is InChI=1S/C22H23BrN2O5/c1-13-10-16(20(27)17(23)11-13)22(29)30-12-19(26)25-18-9-5-4-8-15(18)21(28)24-14-6-2-3-7-14/h4-5,8-11,14,27H,2-3,6-7,12H2,1H3,(H,24,28)(H,25,26). The van der Waals surface area contributed by atoms with Crippen LogP contribution in [0.2, 0.25) is 0 Å². The summed E-state index contributed by atoms with van der Waals surface area (Å²) in [7, 11) is 0. The Morgan fingerprint density at radius 3 is 2.57 bits per heavy atom. The molecular weight excluding hydrogens is 452 g/mol. The summed E-state index contributed by atoms with van der Waals surface area (Å²) in [6, 6.07) is 9.97. The van der Waals surface area contributed by atoms with Crippen LogP contribution in [0.15, 0.2) is 40.9 Å². The quantitative estimate of drug-likeness (QED) is 0.550. The van der Waals surface area contributed by atoms with E-state index in [1.165, 1.54) is 6.07 Å². The number of benzene rings is 2. The van der Waals surface area contributed by atoms with Crippen LogP contribution < -0.4 is 10.6 Å². The first-order valence-electron chi connectivity index (χ1n) is 9.71. The number of ether oxygens (including phenoxy) is 1. The number of esters is 1. The molecule has 2 aromatic rings. The molecule has 0 heterocycles. The second-order valence-corrected chi connectivity index (χ2v) is 8.12. The van der Waals surface area contributed by atoms with E-state index in [0.29, 0.717) is 15.7 Å². The molecule has 0 unspecified atom stereocenters. The van der Waals surface area contributed by atoms with E-state index in [0.717, 1.165) is 31.2 Å². The predicted molar refractivity (Wildman–Crippen MR) is 116 cm³/mol. The molecule has 0 bridgehead atoms. The number of aryl methyl sites for hydroxylation is 1. The summed E-state index contributed by atoms with van der Waals surface area (Å²) in [5, 5.41) is 15.6. The molecule has 2 aromatic carbocycles. The first kappa shape index (κ1) is 21.8. The van der Waals surface area contributed by atoms with Gasteiger partial charge in [-0.1, -0.05) is 25.0 Å². The van der Waals surface area contributed by atoms with Crippen molar-refractivity contribution in [3.8, 4) is 5.75 Å². The number of hydrogen-bond donors (Lipinski definition) is 3. The van der Waals surface area contributed by atoms with Gasteiger partial charge in [0.1, 0.15) is 11.3 Å². The van der Waals surface area contributed by atoms with E-state index >= 15 is 0 Å². The molecule has 0 aromatic heterocycles. The average molecular weight is 475 g/mol. The van der Waals surface area contributed by atoms with Crippen LogP contribution in [0.3, 0.4) is 0 Å². The van der Waals surface area contributed by atoms with Gasteiger partial charge >= 0.3 is 5.97 Å². The third-order valence-electron chi connectivity index (χ3n) is 4.90. The zero-order chi connectivity index (χ0) is 21.7. The molecule has 0 aliphatic heterocycles. The second kappa shape index (κ2) is 9.75. The van der Waals surface area contributed by atoms with E-state index in [2.05, 4.69) is 26.6 Å². The monoisotopic (exact) mass is 474 g/mol. The Kier molecular flexibility index (Phi) is 7.10. The van der Waals surface area contributed by atoms with E-state index in [4.69, 9.17) is 4.74 Å². The maximum absolute atomic E-state index is 12.6. The van der Waals surface area contributed by atoms with Crippen molar-refractivity contribution in [2.24, 2.45) is 0 Å². The Hall–Kier alpha value is -2.87. The highest BCUT2D eigenvalue weighted by molar-refractivity contribution is 9.10. The summed E-state index contributed by atoms with van der Waals surface area (Å²) < 4.78 is 5.39. The van der Waals surface area contributed by atoms with Crippen LogP contribution in [0, 0.1) is 6.92 Å². The molecular formula is C22H23BrN2O5. The van der Waals surface area contributed by atoms with Crippen LogP contribution in [0.1, 0.15) is 52.0 Å². The van der Waals surface area contributed by atoms with Crippen molar-refractivity contribution in [3.05, 3.63) is 57.6 Å². The van der Waals surface area contributed by atoms with Crippen LogP contribution >= 0.6 is 15.9 Å².